The summed E-state index contributed by atoms with van der Waals surface area (Å²) in [6.07, 6.45) is 3.94. The average Bonchev–Trinajstić information content (AvgIpc) is 3.19. The van der Waals surface area contributed by atoms with Gasteiger partial charge in [0.1, 0.15) is 5.01 Å². The topological polar surface area (TPSA) is 62.2 Å². The van der Waals surface area contributed by atoms with Crippen molar-refractivity contribution in [2.75, 3.05) is 13.6 Å². The van der Waals surface area contributed by atoms with Crippen LogP contribution in [0.15, 0.2) is 16.6 Å². The third kappa shape index (κ3) is 5.56. The van der Waals surface area contributed by atoms with E-state index in [1.54, 1.807) is 29.7 Å². The van der Waals surface area contributed by atoms with Crippen molar-refractivity contribution < 1.29 is 0 Å². The molecule has 0 saturated heterocycles. The van der Waals surface area contributed by atoms with E-state index in [2.05, 4.69) is 53.7 Å². The van der Waals surface area contributed by atoms with Gasteiger partial charge < -0.3 is 10.6 Å². The summed E-state index contributed by atoms with van der Waals surface area (Å²) in [6.45, 7) is 10.2. The molecule has 0 spiro atoms. The van der Waals surface area contributed by atoms with Gasteiger partial charge in [-0.25, -0.2) is 9.97 Å². The molecule has 0 aliphatic carbocycles. The molecule has 0 atom stereocenters. The van der Waals surface area contributed by atoms with Gasteiger partial charge in [-0.05, 0) is 6.42 Å². The first kappa shape index (κ1) is 18.9. The first-order valence-electron chi connectivity index (χ1n) is 8.25. The average molecular weight is 366 g/mol. The molecule has 0 bridgehead atoms. The Morgan fingerprint density at radius 3 is 2.62 bits per heavy atom. The van der Waals surface area contributed by atoms with Crippen LogP contribution in [-0.2, 0) is 24.8 Å². The Bertz CT molecular complexity index is 667. The van der Waals surface area contributed by atoms with Gasteiger partial charge in [-0.3, -0.25) is 4.99 Å². The largest absolute Gasteiger partial charge is 0.356 e. The number of hydrogen-bond donors (Lipinski definition) is 2. The van der Waals surface area contributed by atoms with E-state index >= 15 is 0 Å². The summed E-state index contributed by atoms with van der Waals surface area (Å²) in [4.78, 5) is 14.7. The zero-order chi connectivity index (χ0) is 17.6. The summed E-state index contributed by atoms with van der Waals surface area (Å²) >= 11 is 3.48. The fraction of sp³-hybridized carbons (Fsp3) is 0.588. The molecule has 2 aromatic rings. The second-order valence-corrected chi connectivity index (χ2v) is 8.70. The van der Waals surface area contributed by atoms with E-state index in [1.165, 1.54) is 9.88 Å². The zero-order valence-electron chi connectivity index (χ0n) is 15.1. The Hall–Kier alpha value is -1.47. The molecule has 2 rings (SSSR count). The molecule has 2 N–H and O–H groups in total. The van der Waals surface area contributed by atoms with E-state index in [1.807, 2.05) is 6.20 Å². The van der Waals surface area contributed by atoms with Gasteiger partial charge in [-0.1, -0.05) is 27.7 Å². The fourth-order valence-corrected chi connectivity index (χ4v) is 3.85. The highest BCUT2D eigenvalue weighted by Crippen LogP contribution is 2.23. The van der Waals surface area contributed by atoms with Gasteiger partial charge >= 0.3 is 0 Å². The highest BCUT2D eigenvalue weighted by Gasteiger charge is 2.17. The molecule has 0 aromatic carbocycles. The molecule has 24 heavy (non-hydrogen) atoms. The summed E-state index contributed by atoms with van der Waals surface area (Å²) in [5, 5.41) is 11.0. The Balaban J connectivity index is 1.77. The minimum atomic E-state index is 0.0969. The van der Waals surface area contributed by atoms with Crippen molar-refractivity contribution >= 4 is 28.6 Å². The summed E-state index contributed by atoms with van der Waals surface area (Å²) in [7, 11) is 1.79. The number of hydrogen-bond acceptors (Lipinski definition) is 5. The zero-order valence-corrected chi connectivity index (χ0v) is 16.8. The van der Waals surface area contributed by atoms with Crippen LogP contribution in [0.5, 0.6) is 0 Å². The van der Waals surface area contributed by atoms with Crippen molar-refractivity contribution in [2.45, 2.75) is 52.5 Å². The summed E-state index contributed by atoms with van der Waals surface area (Å²) in [6, 6.07) is 0. The summed E-state index contributed by atoms with van der Waals surface area (Å²) in [5.74, 6) is 0.801. The smallest absolute Gasteiger partial charge is 0.191 e. The van der Waals surface area contributed by atoms with Gasteiger partial charge in [-0.2, -0.15) is 0 Å². The first-order valence-corrected chi connectivity index (χ1v) is 9.95. The second kappa shape index (κ2) is 8.58. The first-order chi connectivity index (χ1) is 11.4. The maximum atomic E-state index is 4.69. The van der Waals surface area contributed by atoms with Gasteiger partial charge in [0, 0.05) is 41.9 Å². The third-order valence-corrected chi connectivity index (χ3v) is 5.58. The van der Waals surface area contributed by atoms with Crippen LogP contribution in [0.3, 0.4) is 0 Å². The molecule has 0 unspecified atom stereocenters. The Morgan fingerprint density at radius 2 is 2.04 bits per heavy atom. The number of thiazole rings is 2. The highest BCUT2D eigenvalue weighted by molar-refractivity contribution is 7.11. The number of guanidine groups is 1. The second-order valence-electron chi connectivity index (χ2n) is 6.55. The van der Waals surface area contributed by atoms with Crippen LogP contribution in [0.1, 0.15) is 48.3 Å². The summed E-state index contributed by atoms with van der Waals surface area (Å²) < 4.78 is 0. The third-order valence-electron chi connectivity index (χ3n) is 3.53. The number of nitrogens with one attached hydrogen (secondary N) is 2. The molecule has 132 valence electrons. The van der Waals surface area contributed by atoms with E-state index in [0.717, 1.165) is 36.0 Å². The lowest BCUT2D eigenvalue weighted by Crippen LogP contribution is -2.37. The van der Waals surface area contributed by atoms with E-state index in [-0.39, 0.29) is 5.41 Å². The molecule has 0 radical (unpaired) electrons. The molecule has 0 amide bonds. The van der Waals surface area contributed by atoms with Crippen molar-refractivity contribution in [3.8, 4) is 0 Å². The van der Waals surface area contributed by atoms with Gasteiger partial charge in [-0.15, -0.1) is 22.7 Å². The van der Waals surface area contributed by atoms with Crippen LogP contribution in [-0.4, -0.2) is 29.5 Å². The molecule has 5 nitrogen and oxygen atoms in total. The van der Waals surface area contributed by atoms with E-state index in [4.69, 9.17) is 4.98 Å². The fourth-order valence-electron chi connectivity index (χ4n) is 2.03. The number of aliphatic imine (C=N–C) groups is 1. The van der Waals surface area contributed by atoms with Crippen molar-refractivity contribution in [3.05, 3.63) is 32.2 Å². The number of aryl methyl sites for hydroxylation is 1. The van der Waals surface area contributed by atoms with Crippen molar-refractivity contribution in [2.24, 2.45) is 4.99 Å². The van der Waals surface area contributed by atoms with E-state index < -0.39 is 0 Å². The minimum absolute atomic E-state index is 0.0969. The molecule has 7 heteroatoms. The molecule has 0 fully saturated rings. The van der Waals surface area contributed by atoms with Crippen molar-refractivity contribution in [3.63, 3.8) is 0 Å². The standard InChI is InChI=1S/C17H27N5S2/c1-6-12-9-20-14(24-12)7-8-19-16(18-5)21-10-15-22-13(11-23-15)17(2,3)4/h9,11H,6-8,10H2,1-5H3,(H2,18,19,21). The quantitative estimate of drug-likeness (QED) is 0.609. The molecular weight excluding hydrogens is 338 g/mol. The summed E-state index contributed by atoms with van der Waals surface area (Å²) in [5.41, 5.74) is 1.24. The van der Waals surface area contributed by atoms with Crippen LogP contribution in [0.25, 0.3) is 0 Å². The molecule has 0 aliphatic rings. The lowest BCUT2D eigenvalue weighted by molar-refractivity contribution is 0.570. The molecule has 0 aliphatic heterocycles. The van der Waals surface area contributed by atoms with E-state index in [9.17, 15) is 0 Å². The lowest BCUT2D eigenvalue weighted by Gasteiger charge is -2.14. The van der Waals surface area contributed by atoms with Gasteiger partial charge in [0.15, 0.2) is 5.96 Å². The molecule has 2 heterocycles. The number of rotatable bonds is 6. The lowest BCUT2D eigenvalue weighted by atomic mass is 9.93. The Morgan fingerprint density at radius 1 is 1.25 bits per heavy atom. The molecular formula is C17H27N5S2. The predicted molar refractivity (Wildman–Crippen MR) is 104 cm³/mol. The number of aromatic nitrogens is 2. The van der Waals surface area contributed by atoms with E-state index in [0.29, 0.717) is 6.54 Å². The molecule has 0 saturated carbocycles. The predicted octanol–water partition coefficient (Wildman–Crippen LogP) is 3.37. The maximum Gasteiger partial charge on any atom is 0.191 e. The van der Waals surface area contributed by atoms with Crippen LogP contribution >= 0.6 is 22.7 Å². The molecule has 2 aromatic heterocycles. The monoisotopic (exact) mass is 365 g/mol. The number of nitrogens with zero attached hydrogens (tertiary/aromatic N) is 3. The van der Waals surface area contributed by atoms with Crippen LogP contribution < -0.4 is 10.6 Å². The van der Waals surface area contributed by atoms with Crippen LogP contribution in [0.4, 0.5) is 0 Å². The van der Waals surface area contributed by atoms with Crippen molar-refractivity contribution in [1.29, 1.82) is 0 Å². The Kier molecular flexibility index (Phi) is 6.74. The van der Waals surface area contributed by atoms with Crippen LogP contribution in [0, 0.1) is 0 Å². The van der Waals surface area contributed by atoms with Gasteiger partial charge in [0.2, 0.25) is 0 Å². The minimum Gasteiger partial charge on any atom is -0.356 e. The maximum absolute atomic E-state index is 4.69. The van der Waals surface area contributed by atoms with Gasteiger partial charge in [0.25, 0.3) is 0 Å². The van der Waals surface area contributed by atoms with Crippen molar-refractivity contribution in [1.82, 2.24) is 20.6 Å². The van der Waals surface area contributed by atoms with Gasteiger partial charge in [0.05, 0.1) is 17.2 Å². The SMILES string of the molecule is CCc1cnc(CCNC(=NC)NCc2nc(C(C)(C)C)cs2)s1. The Labute approximate surface area is 152 Å². The highest BCUT2D eigenvalue weighted by atomic mass is 32.1. The van der Waals surface area contributed by atoms with Crippen LogP contribution in [0.2, 0.25) is 0 Å². The normalized spacial score (nSPS) is 12.5.